The van der Waals surface area contributed by atoms with Crippen molar-refractivity contribution in [3.8, 4) is 0 Å². The van der Waals surface area contributed by atoms with E-state index in [-0.39, 0.29) is 24.8 Å². The van der Waals surface area contributed by atoms with Crippen molar-refractivity contribution in [1.82, 2.24) is 5.32 Å². The van der Waals surface area contributed by atoms with Gasteiger partial charge in [0.15, 0.2) is 0 Å². The number of unbranched alkanes of at least 4 members (excludes halogenated alkanes) is 1. The number of anilines is 3. The number of hydrogen-bond acceptors (Lipinski definition) is 5. The Labute approximate surface area is 190 Å². The van der Waals surface area contributed by atoms with Crippen LogP contribution in [0.4, 0.5) is 21.9 Å². The van der Waals surface area contributed by atoms with E-state index in [1.807, 2.05) is 6.07 Å². The molecule has 1 atom stereocenters. The zero-order valence-corrected chi connectivity index (χ0v) is 18.9. The van der Waals surface area contributed by atoms with Gasteiger partial charge in [0.1, 0.15) is 6.04 Å². The number of carbonyl (C=O) groups is 3. The molecule has 0 heterocycles. The summed E-state index contributed by atoms with van der Waals surface area (Å²) in [4.78, 5) is 36.7. The molecule has 0 aliphatic rings. The lowest BCUT2D eigenvalue weighted by atomic mass is 10.1. The highest BCUT2D eigenvalue weighted by atomic mass is 79.9. The Hall–Kier alpha value is -3.07. The van der Waals surface area contributed by atoms with Crippen LogP contribution in [-0.4, -0.2) is 30.6 Å². The van der Waals surface area contributed by atoms with Crippen molar-refractivity contribution >= 4 is 50.9 Å². The number of nitrogens with two attached hydrogens (primary N) is 1. The van der Waals surface area contributed by atoms with Crippen LogP contribution in [0.1, 0.15) is 32.6 Å². The van der Waals surface area contributed by atoms with E-state index in [0.717, 1.165) is 4.47 Å². The maximum Gasteiger partial charge on any atom is 0.407 e. The number of ether oxygens (including phenoxy) is 1. The van der Waals surface area contributed by atoms with Crippen LogP contribution in [0.5, 0.6) is 0 Å². The van der Waals surface area contributed by atoms with E-state index in [1.54, 1.807) is 49.4 Å². The van der Waals surface area contributed by atoms with Crippen molar-refractivity contribution < 1.29 is 19.1 Å². The number of amides is 3. The number of nitrogens with one attached hydrogen (secondary N) is 3. The molecule has 2 rings (SSSR count). The first kappa shape index (κ1) is 24.2. The Morgan fingerprint density at radius 2 is 1.84 bits per heavy atom. The lowest BCUT2D eigenvalue weighted by molar-refractivity contribution is -0.118. The SMILES string of the molecule is CCOC(=O)N[C@H](CCCCC(=O)Nc1ccccc1N)C(=O)Nc1cccc(Br)c1. The van der Waals surface area contributed by atoms with E-state index >= 15 is 0 Å². The summed E-state index contributed by atoms with van der Waals surface area (Å²) in [5, 5.41) is 8.14. The predicted molar refractivity (Wildman–Crippen MR) is 125 cm³/mol. The number of nitrogen functional groups attached to an aromatic ring is 1. The molecule has 2 aromatic rings. The molecule has 166 valence electrons. The molecule has 8 nitrogen and oxygen atoms in total. The van der Waals surface area contributed by atoms with Crippen LogP contribution >= 0.6 is 15.9 Å². The van der Waals surface area contributed by atoms with Gasteiger partial charge in [-0.3, -0.25) is 9.59 Å². The molecule has 0 spiro atoms. The summed E-state index contributed by atoms with van der Waals surface area (Å²) in [5.74, 6) is -0.515. The first-order valence-corrected chi connectivity index (χ1v) is 10.8. The van der Waals surface area contributed by atoms with Gasteiger partial charge in [0, 0.05) is 16.6 Å². The van der Waals surface area contributed by atoms with E-state index < -0.39 is 12.1 Å². The van der Waals surface area contributed by atoms with Gasteiger partial charge >= 0.3 is 6.09 Å². The Kier molecular flexibility index (Phi) is 9.83. The van der Waals surface area contributed by atoms with Gasteiger partial charge in [0.05, 0.1) is 18.0 Å². The van der Waals surface area contributed by atoms with Gasteiger partial charge in [0.25, 0.3) is 0 Å². The zero-order chi connectivity index (χ0) is 22.6. The standard InChI is InChI=1S/C22H27BrN4O4/c1-2-31-22(30)27-19(21(29)25-16-9-7-8-15(23)14-16)12-5-6-13-20(28)26-18-11-4-3-10-17(18)24/h3-4,7-11,14,19H,2,5-6,12-13,24H2,1H3,(H,25,29)(H,26,28)(H,27,30)/t19-/m1/s1. The largest absolute Gasteiger partial charge is 0.450 e. The molecule has 0 saturated heterocycles. The summed E-state index contributed by atoms with van der Waals surface area (Å²) < 4.78 is 5.72. The van der Waals surface area contributed by atoms with Crippen molar-refractivity contribution in [2.75, 3.05) is 23.0 Å². The van der Waals surface area contributed by atoms with Crippen molar-refractivity contribution in [2.24, 2.45) is 0 Å². The number of alkyl carbamates (subject to hydrolysis) is 1. The Morgan fingerprint density at radius 1 is 1.06 bits per heavy atom. The molecule has 9 heteroatoms. The summed E-state index contributed by atoms with van der Waals surface area (Å²) >= 11 is 3.36. The highest BCUT2D eigenvalue weighted by Gasteiger charge is 2.21. The molecule has 0 aromatic heterocycles. The highest BCUT2D eigenvalue weighted by Crippen LogP contribution is 2.18. The average molecular weight is 491 g/mol. The molecule has 0 fully saturated rings. The summed E-state index contributed by atoms with van der Waals surface area (Å²) in [5.41, 5.74) is 7.50. The minimum Gasteiger partial charge on any atom is -0.450 e. The van der Waals surface area contributed by atoms with E-state index in [2.05, 4.69) is 31.9 Å². The minimum absolute atomic E-state index is 0.161. The van der Waals surface area contributed by atoms with Gasteiger partial charge in [-0.1, -0.05) is 40.5 Å². The van der Waals surface area contributed by atoms with E-state index in [9.17, 15) is 14.4 Å². The number of carbonyl (C=O) groups excluding carboxylic acids is 3. The zero-order valence-electron chi connectivity index (χ0n) is 17.3. The predicted octanol–water partition coefficient (Wildman–Crippen LogP) is 4.28. The first-order valence-electron chi connectivity index (χ1n) is 10.0. The molecule has 3 amide bonds. The molecule has 2 aromatic carbocycles. The van der Waals surface area contributed by atoms with Crippen molar-refractivity contribution in [1.29, 1.82) is 0 Å². The van der Waals surface area contributed by atoms with Crippen LogP contribution in [-0.2, 0) is 14.3 Å². The lowest BCUT2D eigenvalue weighted by Gasteiger charge is -2.18. The number of rotatable bonds is 10. The van der Waals surface area contributed by atoms with Crippen LogP contribution in [0.25, 0.3) is 0 Å². The fourth-order valence-electron chi connectivity index (χ4n) is 2.84. The van der Waals surface area contributed by atoms with E-state index in [4.69, 9.17) is 10.5 Å². The summed E-state index contributed by atoms with van der Waals surface area (Å²) in [6.45, 7) is 1.89. The maximum atomic E-state index is 12.7. The van der Waals surface area contributed by atoms with Gasteiger partial charge in [-0.15, -0.1) is 0 Å². The maximum absolute atomic E-state index is 12.7. The number of halogens is 1. The lowest BCUT2D eigenvalue weighted by Crippen LogP contribution is -2.44. The molecule has 0 aliphatic carbocycles. The second-order valence-electron chi connectivity index (χ2n) is 6.80. The quantitative estimate of drug-likeness (QED) is 0.292. The molecule has 0 bridgehead atoms. The summed E-state index contributed by atoms with van der Waals surface area (Å²) in [7, 11) is 0. The van der Waals surface area contributed by atoms with E-state index in [0.29, 0.717) is 36.3 Å². The summed E-state index contributed by atoms with van der Waals surface area (Å²) in [6, 6.07) is 13.4. The topological polar surface area (TPSA) is 123 Å². The second kappa shape index (κ2) is 12.6. The highest BCUT2D eigenvalue weighted by molar-refractivity contribution is 9.10. The normalized spacial score (nSPS) is 11.3. The van der Waals surface area contributed by atoms with Crippen LogP contribution in [0.15, 0.2) is 53.0 Å². The molecule has 0 radical (unpaired) electrons. The third-order valence-corrected chi connectivity index (χ3v) is 4.85. The van der Waals surface area contributed by atoms with Gasteiger partial charge in [-0.2, -0.15) is 0 Å². The van der Waals surface area contributed by atoms with Crippen molar-refractivity contribution in [2.45, 2.75) is 38.6 Å². The Morgan fingerprint density at radius 3 is 2.55 bits per heavy atom. The minimum atomic E-state index is -0.786. The number of para-hydroxylation sites is 2. The van der Waals surface area contributed by atoms with E-state index in [1.165, 1.54) is 0 Å². The van der Waals surface area contributed by atoms with Crippen molar-refractivity contribution in [3.05, 3.63) is 53.0 Å². The van der Waals surface area contributed by atoms with Crippen LogP contribution in [0.2, 0.25) is 0 Å². The smallest absolute Gasteiger partial charge is 0.407 e. The Balaban J connectivity index is 1.87. The number of hydrogen-bond donors (Lipinski definition) is 4. The van der Waals surface area contributed by atoms with Crippen LogP contribution in [0, 0.1) is 0 Å². The van der Waals surface area contributed by atoms with Crippen LogP contribution < -0.4 is 21.7 Å². The third kappa shape index (κ3) is 8.67. The second-order valence-corrected chi connectivity index (χ2v) is 7.71. The van der Waals surface area contributed by atoms with Gasteiger partial charge in [-0.25, -0.2) is 4.79 Å². The monoisotopic (exact) mass is 490 g/mol. The fourth-order valence-corrected chi connectivity index (χ4v) is 3.24. The van der Waals surface area contributed by atoms with Gasteiger partial charge < -0.3 is 26.4 Å². The first-order chi connectivity index (χ1) is 14.9. The average Bonchev–Trinajstić information content (AvgIpc) is 2.72. The molecule has 0 unspecified atom stereocenters. The molecule has 5 N–H and O–H groups in total. The van der Waals surface area contributed by atoms with Crippen LogP contribution in [0.3, 0.4) is 0 Å². The molecular weight excluding hydrogens is 464 g/mol. The molecule has 0 saturated carbocycles. The van der Waals surface area contributed by atoms with Gasteiger partial charge in [0.2, 0.25) is 11.8 Å². The van der Waals surface area contributed by atoms with Gasteiger partial charge in [-0.05, 0) is 50.1 Å². The molecular formula is C22H27BrN4O4. The number of benzene rings is 2. The Bertz CT molecular complexity index is 907. The van der Waals surface area contributed by atoms with Crippen molar-refractivity contribution in [3.63, 3.8) is 0 Å². The third-order valence-electron chi connectivity index (χ3n) is 4.36. The molecule has 31 heavy (non-hydrogen) atoms. The fraction of sp³-hybridized carbons (Fsp3) is 0.318. The summed E-state index contributed by atoms with van der Waals surface area (Å²) in [6.07, 6.45) is 1.08. The molecule has 0 aliphatic heterocycles.